The number of anilines is 1. The fourth-order valence-electron chi connectivity index (χ4n) is 2.16. The first-order valence-corrected chi connectivity index (χ1v) is 9.44. The molecule has 0 unspecified atom stereocenters. The molecule has 156 valence electrons. The molecule has 0 bridgehead atoms. The number of alkyl carbamates (subject to hydrolysis) is 1. The van der Waals surface area contributed by atoms with Crippen LogP contribution in [0.15, 0.2) is 23.9 Å². The lowest BCUT2D eigenvalue weighted by Gasteiger charge is -2.28. The molecule has 7 nitrogen and oxygen atoms in total. The summed E-state index contributed by atoms with van der Waals surface area (Å²) in [5, 5.41) is 2.79. The number of hydrogen-bond donors (Lipinski definition) is 2. The van der Waals surface area contributed by atoms with Gasteiger partial charge < -0.3 is 20.5 Å². The summed E-state index contributed by atoms with van der Waals surface area (Å²) in [6.07, 6.45) is 5.99. The summed E-state index contributed by atoms with van der Waals surface area (Å²) in [6.45, 7) is 15.4. The first-order chi connectivity index (χ1) is 12.8. The Balaban J connectivity index is 2.90. The van der Waals surface area contributed by atoms with Gasteiger partial charge in [-0.3, -0.25) is 0 Å². The van der Waals surface area contributed by atoms with Gasteiger partial charge in [0.15, 0.2) is 5.82 Å². The molecule has 0 aliphatic rings. The van der Waals surface area contributed by atoms with Crippen molar-refractivity contribution < 1.29 is 14.3 Å². The van der Waals surface area contributed by atoms with E-state index in [1.165, 1.54) is 5.57 Å². The highest BCUT2D eigenvalue weighted by Gasteiger charge is 2.26. The molecule has 0 aliphatic carbocycles. The van der Waals surface area contributed by atoms with Gasteiger partial charge in [-0.2, -0.15) is 0 Å². The lowest BCUT2D eigenvalue weighted by molar-refractivity contribution is 0.0440. The van der Waals surface area contributed by atoms with Crippen molar-refractivity contribution in [2.24, 2.45) is 0 Å². The van der Waals surface area contributed by atoms with Crippen LogP contribution in [0.25, 0.3) is 5.57 Å². The number of rotatable bonds is 7. The van der Waals surface area contributed by atoms with Gasteiger partial charge in [0.2, 0.25) is 0 Å². The van der Waals surface area contributed by atoms with Crippen LogP contribution in [0.2, 0.25) is 0 Å². The lowest BCUT2D eigenvalue weighted by atomic mass is 10.1. The molecule has 1 amide bonds. The zero-order chi connectivity index (χ0) is 21.5. The van der Waals surface area contributed by atoms with E-state index in [1.54, 1.807) is 6.20 Å². The molecule has 0 aromatic carbocycles. The van der Waals surface area contributed by atoms with Gasteiger partial charge >= 0.3 is 6.09 Å². The maximum Gasteiger partial charge on any atom is 0.408 e. The van der Waals surface area contributed by atoms with Gasteiger partial charge in [0.05, 0.1) is 17.4 Å². The Labute approximate surface area is 168 Å². The summed E-state index contributed by atoms with van der Waals surface area (Å²) >= 11 is 0. The maximum atomic E-state index is 12.0. The average Bonchev–Trinajstić information content (AvgIpc) is 2.52. The van der Waals surface area contributed by atoms with Gasteiger partial charge in [0.1, 0.15) is 12.2 Å². The molecule has 7 heteroatoms. The Kier molecular flexibility index (Phi) is 8.02. The molecule has 0 fully saturated rings. The van der Waals surface area contributed by atoms with E-state index in [1.807, 2.05) is 60.6 Å². The molecular weight excluding hydrogens is 356 g/mol. The number of ether oxygens (including phenoxy) is 2. The van der Waals surface area contributed by atoms with E-state index in [0.717, 1.165) is 12.0 Å². The van der Waals surface area contributed by atoms with E-state index < -0.39 is 17.2 Å². The molecule has 0 atom stereocenters. The highest BCUT2D eigenvalue weighted by molar-refractivity contribution is 5.68. The molecular formula is C21H34N4O3. The van der Waals surface area contributed by atoms with Crippen molar-refractivity contribution in [2.45, 2.75) is 73.0 Å². The Morgan fingerprint density at radius 2 is 1.86 bits per heavy atom. The van der Waals surface area contributed by atoms with Crippen LogP contribution < -0.4 is 15.8 Å². The quantitative estimate of drug-likeness (QED) is 0.665. The summed E-state index contributed by atoms with van der Waals surface area (Å²) in [5.74, 6) is 0.447. The third-order valence-corrected chi connectivity index (χ3v) is 3.50. The standard InChI is InChI=1S/C21H34N4O3/c1-9-15(11-10-14(2)3)16-12-23-17(22)18(24-16)27-13-21(7,8)25-19(26)28-20(4,5)6/h10-12H,9,13H2,1-8H3,(H2,22,23)(H,25,26)/b15-11+. The molecule has 0 spiro atoms. The second-order valence-electron chi connectivity index (χ2n) is 8.53. The van der Waals surface area contributed by atoms with Crippen molar-refractivity contribution in [1.82, 2.24) is 15.3 Å². The van der Waals surface area contributed by atoms with E-state index in [9.17, 15) is 4.79 Å². The topological polar surface area (TPSA) is 99.4 Å². The van der Waals surface area contributed by atoms with E-state index in [-0.39, 0.29) is 18.3 Å². The van der Waals surface area contributed by atoms with E-state index >= 15 is 0 Å². The SMILES string of the molecule is CC/C(=C\C=C(C)C)c1cnc(N)c(OCC(C)(C)NC(=O)OC(C)(C)C)n1. The van der Waals surface area contributed by atoms with E-state index in [4.69, 9.17) is 15.2 Å². The van der Waals surface area contributed by atoms with Gasteiger partial charge in [0, 0.05) is 0 Å². The molecule has 1 rings (SSSR count). The highest BCUT2D eigenvalue weighted by atomic mass is 16.6. The number of carbonyl (C=O) groups excluding carboxylic acids is 1. The van der Waals surface area contributed by atoms with Crippen molar-refractivity contribution in [3.8, 4) is 5.88 Å². The molecule has 0 saturated carbocycles. The number of amides is 1. The predicted octanol–water partition coefficient (Wildman–Crippen LogP) is 4.50. The van der Waals surface area contributed by atoms with Crippen LogP contribution in [0.4, 0.5) is 10.6 Å². The first-order valence-electron chi connectivity index (χ1n) is 9.44. The second kappa shape index (κ2) is 9.57. The largest absolute Gasteiger partial charge is 0.473 e. The molecule has 1 aromatic heterocycles. The van der Waals surface area contributed by atoms with Crippen LogP contribution in [0.3, 0.4) is 0 Å². The molecule has 0 saturated heterocycles. The fraction of sp³-hybridized carbons (Fsp3) is 0.571. The normalized spacial score (nSPS) is 12.4. The minimum Gasteiger partial charge on any atom is -0.473 e. The molecule has 1 heterocycles. The third-order valence-electron chi connectivity index (χ3n) is 3.50. The Hall–Kier alpha value is -2.57. The summed E-state index contributed by atoms with van der Waals surface area (Å²) in [6, 6.07) is 0. The van der Waals surface area contributed by atoms with Gasteiger partial charge in [-0.25, -0.2) is 14.8 Å². The van der Waals surface area contributed by atoms with Crippen molar-refractivity contribution >= 4 is 17.5 Å². The summed E-state index contributed by atoms with van der Waals surface area (Å²) in [7, 11) is 0. The predicted molar refractivity (Wildman–Crippen MR) is 113 cm³/mol. The summed E-state index contributed by atoms with van der Waals surface area (Å²) in [5.41, 5.74) is 7.61. The Bertz CT molecular complexity index is 743. The highest BCUT2D eigenvalue weighted by Crippen LogP contribution is 2.23. The number of carbonyl (C=O) groups is 1. The number of nitrogen functional groups attached to an aromatic ring is 1. The monoisotopic (exact) mass is 390 g/mol. The van der Waals surface area contributed by atoms with Crippen molar-refractivity contribution in [3.05, 3.63) is 29.6 Å². The summed E-state index contributed by atoms with van der Waals surface area (Å²) < 4.78 is 11.1. The van der Waals surface area contributed by atoms with Crippen LogP contribution in [-0.2, 0) is 4.74 Å². The average molecular weight is 391 g/mol. The zero-order valence-electron chi connectivity index (χ0n) is 18.3. The van der Waals surface area contributed by atoms with Gasteiger partial charge in [0.25, 0.3) is 5.88 Å². The van der Waals surface area contributed by atoms with Crippen LogP contribution in [0, 0.1) is 0 Å². The number of nitrogens with one attached hydrogen (secondary N) is 1. The minimum atomic E-state index is -0.683. The molecule has 28 heavy (non-hydrogen) atoms. The van der Waals surface area contributed by atoms with Gasteiger partial charge in [-0.05, 0) is 60.5 Å². The first kappa shape index (κ1) is 23.5. The third kappa shape index (κ3) is 8.41. The number of hydrogen-bond acceptors (Lipinski definition) is 6. The van der Waals surface area contributed by atoms with Crippen molar-refractivity contribution in [1.29, 1.82) is 0 Å². The van der Waals surface area contributed by atoms with Crippen molar-refractivity contribution in [2.75, 3.05) is 12.3 Å². The molecule has 1 aromatic rings. The Morgan fingerprint density at radius 1 is 1.21 bits per heavy atom. The number of nitrogens with zero attached hydrogens (tertiary/aromatic N) is 2. The van der Waals surface area contributed by atoms with Gasteiger partial charge in [-0.1, -0.05) is 24.6 Å². The zero-order valence-corrected chi connectivity index (χ0v) is 18.3. The molecule has 0 radical (unpaired) electrons. The van der Waals surface area contributed by atoms with E-state index in [0.29, 0.717) is 5.69 Å². The Morgan fingerprint density at radius 3 is 2.39 bits per heavy atom. The fourth-order valence-corrected chi connectivity index (χ4v) is 2.16. The molecule has 0 aliphatic heterocycles. The second-order valence-corrected chi connectivity index (χ2v) is 8.53. The van der Waals surface area contributed by atoms with Crippen LogP contribution in [-0.4, -0.2) is 33.8 Å². The van der Waals surface area contributed by atoms with Crippen LogP contribution >= 0.6 is 0 Å². The number of aromatic nitrogens is 2. The minimum absolute atomic E-state index is 0.160. The van der Waals surface area contributed by atoms with Gasteiger partial charge in [-0.15, -0.1) is 0 Å². The van der Waals surface area contributed by atoms with Crippen molar-refractivity contribution in [3.63, 3.8) is 0 Å². The van der Waals surface area contributed by atoms with Crippen LogP contribution in [0.5, 0.6) is 5.88 Å². The summed E-state index contributed by atoms with van der Waals surface area (Å²) in [4.78, 5) is 20.7. The van der Waals surface area contributed by atoms with Crippen LogP contribution in [0.1, 0.15) is 67.5 Å². The number of nitrogens with two attached hydrogens (primary N) is 1. The smallest absolute Gasteiger partial charge is 0.408 e. The lowest BCUT2D eigenvalue weighted by Crippen LogP contribution is -2.49. The maximum absolute atomic E-state index is 12.0. The number of allylic oxidation sites excluding steroid dienone is 4. The van der Waals surface area contributed by atoms with E-state index in [2.05, 4.69) is 22.2 Å². The molecule has 3 N–H and O–H groups in total.